The maximum absolute atomic E-state index is 12.6. The molecule has 0 saturated heterocycles. The number of hydrogen-bond donors (Lipinski definition) is 3. The summed E-state index contributed by atoms with van der Waals surface area (Å²) >= 11 is 0. The van der Waals surface area contributed by atoms with Crippen LogP contribution in [0.25, 0.3) is 0 Å². The number of carbonyl (C=O) groups excluding carboxylic acids is 2. The van der Waals surface area contributed by atoms with Crippen LogP contribution in [0.3, 0.4) is 0 Å². The third-order valence-electron chi connectivity index (χ3n) is 10.9. The predicted octanol–water partition coefficient (Wildman–Crippen LogP) is 14.6. The van der Waals surface area contributed by atoms with E-state index >= 15 is 0 Å². The van der Waals surface area contributed by atoms with E-state index in [0.29, 0.717) is 12.8 Å². The summed E-state index contributed by atoms with van der Waals surface area (Å²) < 4.78 is 32.8. The highest BCUT2D eigenvalue weighted by atomic mass is 31.2. The molecule has 10 nitrogen and oxygen atoms in total. The molecule has 0 fully saturated rings. The van der Waals surface area contributed by atoms with Gasteiger partial charge in [-0.3, -0.25) is 18.6 Å². The van der Waals surface area contributed by atoms with E-state index in [0.717, 1.165) is 44.9 Å². The van der Waals surface area contributed by atoms with Gasteiger partial charge in [-0.1, -0.05) is 222 Å². The Morgan fingerprint density at radius 1 is 0.469 bits per heavy atom. The van der Waals surface area contributed by atoms with Gasteiger partial charge in [0.25, 0.3) is 0 Å². The highest BCUT2D eigenvalue weighted by Crippen LogP contribution is 2.43. The molecule has 1 unspecified atom stereocenters. The van der Waals surface area contributed by atoms with Gasteiger partial charge in [0, 0.05) is 12.8 Å². The second kappa shape index (κ2) is 48.6. The van der Waals surface area contributed by atoms with Gasteiger partial charge in [-0.15, -0.1) is 0 Å². The summed E-state index contributed by atoms with van der Waals surface area (Å²) in [7, 11) is -4.64. The Bertz CT molecular complexity index is 1250. The Kier molecular flexibility index (Phi) is 46.8. The first-order chi connectivity index (χ1) is 31.2. The van der Waals surface area contributed by atoms with Crippen molar-refractivity contribution in [1.82, 2.24) is 0 Å². The molecule has 0 aromatic carbocycles. The number of unbranched alkanes of at least 4 members (excludes halogenated alkanes) is 24. The van der Waals surface area contributed by atoms with E-state index in [2.05, 4.69) is 62.5 Å². The van der Waals surface area contributed by atoms with Crippen LogP contribution in [-0.2, 0) is 32.7 Å². The normalized spacial score (nSPS) is 14.1. The molecule has 0 aromatic rings. The standard InChI is InChI=1S/C53H95O10P/c1-3-5-7-9-11-13-15-17-19-21-23-24-25-27-28-30-32-34-36-38-40-42-44-52(56)60-48-51(49-62-64(58,59)61-47-50(55)46-54)63-53(57)45-43-41-39-37-35-33-31-29-26-22-20-18-16-14-12-10-8-6-4-2/h12,14,18,20,26,29,33,35,39,41,50-51,54-55H,3-11,13,15-17,19,21-25,27-28,30-32,34,36-38,40,42-49H2,1-2H3,(H,58,59)/b14-12+,20-18+,29-26+,35-33+,41-39+/t50-,51+/m0/s1. The van der Waals surface area contributed by atoms with Gasteiger partial charge in [-0.2, -0.15) is 0 Å². The zero-order valence-electron chi connectivity index (χ0n) is 40.7. The molecule has 0 radical (unpaired) electrons. The fourth-order valence-electron chi connectivity index (χ4n) is 6.98. The summed E-state index contributed by atoms with van der Waals surface area (Å²) in [5.74, 6) is -1.01. The van der Waals surface area contributed by atoms with Crippen LogP contribution >= 0.6 is 7.82 Å². The number of phosphoric ester groups is 1. The Hall–Kier alpha value is -2.33. The van der Waals surface area contributed by atoms with Crippen molar-refractivity contribution in [3.63, 3.8) is 0 Å². The third-order valence-corrected chi connectivity index (χ3v) is 11.9. The minimum absolute atomic E-state index is 0.0605. The van der Waals surface area contributed by atoms with Crippen LogP contribution in [0, 0.1) is 0 Å². The fraction of sp³-hybridized carbons (Fsp3) is 0.774. The Balaban J connectivity index is 4.26. The second-order valence-electron chi connectivity index (χ2n) is 17.2. The van der Waals surface area contributed by atoms with E-state index in [-0.39, 0.29) is 19.4 Å². The molecule has 0 spiro atoms. The summed E-state index contributed by atoms with van der Waals surface area (Å²) in [5.41, 5.74) is 0. The molecule has 3 atom stereocenters. The monoisotopic (exact) mass is 923 g/mol. The molecule has 0 amide bonds. The van der Waals surface area contributed by atoms with Gasteiger partial charge < -0.3 is 24.6 Å². The van der Waals surface area contributed by atoms with E-state index in [1.54, 1.807) is 0 Å². The molecule has 0 aliphatic carbocycles. The zero-order chi connectivity index (χ0) is 46.9. The van der Waals surface area contributed by atoms with E-state index < -0.39 is 51.8 Å². The largest absolute Gasteiger partial charge is 0.472 e. The molecule has 11 heteroatoms. The van der Waals surface area contributed by atoms with Crippen LogP contribution in [0.2, 0.25) is 0 Å². The first-order valence-electron chi connectivity index (χ1n) is 25.7. The van der Waals surface area contributed by atoms with E-state index in [1.807, 2.05) is 12.2 Å². The number of aliphatic hydroxyl groups is 2. The molecular formula is C53H95O10P. The zero-order valence-corrected chi connectivity index (χ0v) is 41.6. The summed E-state index contributed by atoms with van der Waals surface area (Å²) in [6, 6.07) is 0. The Morgan fingerprint density at radius 3 is 1.28 bits per heavy atom. The van der Waals surface area contributed by atoms with Crippen molar-refractivity contribution in [2.45, 2.75) is 238 Å². The summed E-state index contributed by atoms with van der Waals surface area (Å²) in [4.78, 5) is 35.1. The number of ether oxygens (including phenoxy) is 2. The molecule has 0 rings (SSSR count). The van der Waals surface area contributed by atoms with Crippen LogP contribution in [0.15, 0.2) is 60.8 Å². The Morgan fingerprint density at radius 2 is 0.844 bits per heavy atom. The quantitative estimate of drug-likeness (QED) is 0.0233. The van der Waals surface area contributed by atoms with Gasteiger partial charge in [0.2, 0.25) is 0 Å². The third kappa shape index (κ3) is 47.6. The van der Waals surface area contributed by atoms with Crippen LogP contribution < -0.4 is 0 Å². The average molecular weight is 923 g/mol. The lowest BCUT2D eigenvalue weighted by molar-refractivity contribution is -0.161. The summed E-state index contributed by atoms with van der Waals surface area (Å²) in [6.07, 6.45) is 56.4. The van der Waals surface area contributed by atoms with E-state index in [9.17, 15) is 24.2 Å². The molecule has 0 bridgehead atoms. The molecule has 0 saturated carbocycles. The lowest BCUT2D eigenvalue weighted by Gasteiger charge is -2.20. The van der Waals surface area contributed by atoms with Crippen molar-refractivity contribution in [3.05, 3.63) is 60.8 Å². The van der Waals surface area contributed by atoms with Crippen molar-refractivity contribution in [2.75, 3.05) is 26.4 Å². The molecule has 372 valence electrons. The predicted molar refractivity (Wildman–Crippen MR) is 265 cm³/mol. The molecular weight excluding hydrogens is 828 g/mol. The van der Waals surface area contributed by atoms with Gasteiger partial charge in [0.15, 0.2) is 6.10 Å². The van der Waals surface area contributed by atoms with E-state index in [4.69, 9.17) is 23.6 Å². The summed E-state index contributed by atoms with van der Waals surface area (Å²) in [5, 5.41) is 18.4. The topological polar surface area (TPSA) is 149 Å². The number of phosphoric acid groups is 1. The molecule has 0 heterocycles. The maximum Gasteiger partial charge on any atom is 0.472 e. The average Bonchev–Trinajstić information content (AvgIpc) is 3.28. The number of esters is 2. The van der Waals surface area contributed by atoms with Gasteiger partial charge in [0.1, 0.15) is 12.7 Å². The van der Waals surface area contributed by atoms with Crippen LogP contribution in [-0.4, -0.2) is 65.7 Å². The number of rotatable bonds is 48. The van der Waals surface area contributed by atoms with Crippen LogP contribution in [0.5, 0.6) is 0 Å². The second-order valence-corrected chi connectivity index (χ2v) is 18.7. The van der Waals surface area contributed by atoms with Gasteiger partial charge >= 0.3 is 19.8 Å². The first kappa shape index (κ1) is 61.7. The van der Waals surface area contributed by atoms with Gasteiger partial charge in [-0.25, -0.2) is 4.57 Å². The Labute approximate surface area is 391 Å². The van der Waals surface area contributed by atoms with Gasteiger partial charge in [0.05, 0.1) is 19.8 Å². The highest BCUT2D eigenvalue weighted by Gasteiger charge is 2.27. The SMILES string of the molecule is CCCCC/C=C/C/C=C/C/C=C/C/C=C/C/C=C/CCC(=O)O[C@H](COC(=O)CCCCCCCCCCCCCCCCCCCCCCCC)COP(=O)(O)OC[C@@H](O)CO. The number of carbonyl (C=O) groups is 2. The number of aliphatic hydroxyl groups excluding tert-OH is 2. The minimum Gasteiger partial charge on any atom is -0.462 e. The number of allylic oxidation sites excluding steroid dienone is 10. The lowest BCUT2D eigenvalue weighted by atomic mass is 10.0. The lowest BCUT2D eigenvalue weighted by Crippen LogP contribution is -2.29. The molecule has 64 heavy (non-hydrogen) atoms. The molecule has 0 aliphatic rings. The molecule has 3 N–H and O–H groups in total. The minimum atomic E-state index is -4.64. The highest BCUT2D eigenvalue weighted by molar-refractivity contribution is 7.47. The summed E-state index contributed by atoms with van der Waals surface area (Å²) in [6.45, 7) is 2.30. The van der Waals surface area contributed by atoms with Gasteiger partial charge in [-0.05, 0) is 51.4 Å². The van der Waals surface area contributed by atoms with Crippen LogP contribution in [0.1, 0.15) is 226 Å². The fourth-order valence-corrected chi connectivity index (χ4v) is 7.77. The molecule has 0 aromatic heterocycles. The van der Waals surface area contributed by atoms with Crippen molar-refractivity contribution < 1.29 is 47.8 Å². The van der Waals surface area contributed by atoms with Crippen LogP contribution in [0.4, 0.5) is 0 Å². The van der Waals surface area contributed by atoms with E-state index in [1.165, 1.54) is 141 Å². The number of hydrogen-bond acceptors (Lipinski definition) is 9. The first-order valence-corrected chi connectivity index (χ1v) is 27.2. The van der Waals surface area contributed by atoms with Crippen molar-refractivity contribution in [1.29, 1.82) is 0 Å². The molecule has 0 aliphatic heterocycles. The van der Waals surface area contributed by atoms with Crippen molar-refractivity contribution in [3.8, 4) is 0 Å². The maximum atomic E-state index is 12.6. The smallest absolute Gasteiger partial charge is 0.462 e. The van der Waals surface area contributed by atoms with Crippen molar-refractivity contribution >= 4 is 19.8 Å². The van der Waals surface area contributed by atoms with Crippen molar-refractivity contribution in [2.24, 2.45) is 0 Å².